The number of nitrogens with zero attached hydrogens (tertiary/aromatic N) is 1. The highest BCUT2D eigenvalue weighted by Gasteiger charge is 2.12. The van der Waals surface area contributed by atoms with E-state index in [0.717, 1.165) is 21.6 Å². The van der Waals surface area contributed by atoms with Crippen LogP contribution in [0.25, 0.3) is 0 Å². The average molecular weight is 282 g/mol. The normalized spacial score (nSPS) is 12.4. The van der Waals surface area contributed by atoms with Crippen molar-refractivity contribution in [3.8, 4) is 5.75 Å². The molecule has 0 fully saturated rings. The Morgan fingerprint density at radius 1 is 1.50 bits per heavy atom. The summed E-state index contributed by atoms with van der Waals surface area (Å²) >= 11 is 3.43. The Balaban J connectivity index is 2.31. The number of rotatable bonds is 3. The monoisotopic (exact) mass is 281 g/mol. The van der Waals surface area contributed by atoms with Gasteiger partial charge in [-0.2, -0.15) is 0 Å². The second-order valence-electron chi connectivity index (χ2n) is 3.35. The fourth-order valence-electron chi connectivity index (χ4n) is 1.48. The largest absolute Gasteiger partial charge is 0.496 e. The van der Waals surface area contributed by atoms with Gasteiger partial charge in [0.2, 0.25) is 0 Å². The zero-order chi connectivity index (χ0) is 11.5. The van der Waals surface area contributed by atoms with Gasteiger partial charge in [0.05, 0.1) is 17.6 Å². The zero-order valence-electron chi connectivity index (χ0n) is 8.77. The molecule has 16 heavy (non-hydrogen) atoms. The third-order valence-corrected chi connectivity index (χ3v) is 2.97. The molecule has 2 aromatic rings. The Bertz CT molecular complexity index is 470. The maximum atomic E-state index is 6.07. The number of H-pyrrole nitrogens is 1. The second kappa shape index (κ2) is 4.67. The molecule has 1 heterocycles. The maximum absolute atomic E-state index is 6.07. The van der Waals surface area contributed by atoms with Gasteiger partial charge in [-0.05, 0) is 33.6 Å². The van der Waals surface area contributed by atoms with Crippen LogP contribution in [-0.4, -0.2) is 17.1 Å². The molecule has 0 bridgehead atoms. The topological polar surface area (TPSA) is 63.9 Å². The third-order valence-electron chi connectivity index (χ3n) is 2.35. The summed E-state index contributed by atoms with van der Waals surface area (Å²) in [5, 5.41) is 0. The summed E-state index contributed by atoms with van der Waals surface area (Å²) in [4.78, 5) is 7.14. The number of hydrogen-bond donors (Lipinski definition) is 2. The summed E-state index contributed by atoms with van der Waals surface area (Å²) in [6.07, 6.45) is 3.45. The number of imidazole rings is 1. The Morgan fingerprint density at radius 2 is 2.31 bits per heavy atom. The van der Waals surface area contributed by atoms with Gasteiger partial charge in [-0.15, -0.1) is 0 Å². The summed E-state index contributed by atoms with van der Waals surface area (Å²) in [7, 11) is 1.63. The number of hydrogen-bond acceptors (Lipinski definition) is 3. The van der Waals surface area contributed by atoms with Crippen LogP contribution in [0.5, 0.6) is 5.75 Å². The molecule has 0 saturated carbocycles. The van der Waals surface area contributed by atoms with Gasteiger partial charge in [-0.3, -0.25) is 0 Å². The fourth-order valence-corrected chi connectivity index (χ4v) is 2.04. The summed E-state index contributed by atoms with van der Waals surface area (Å²) in [5.41, 5.74) is 7.04. The van der Waals surface area contributed by atoms with Gasteiger partial charge in [0.15, 0.2) is 0 Å². The van der Waals surface area contributed by atoms with E-state index in [0.29, 0.717) is 0 Å². The highest BCUT2D eigenvalue weighted by atomic mass is 79.9. The first-order valence-electron chi connectivity index (χ1n) is 4.80. The molecule has 1 atom stereocenters. The number of nitrogens with two attached hydrogens (primary N) is 1. The molecule has 0 aliphatic rings. The van der Waals surface area contributed by atoms with Crippen LogP contribution in [0.1, 0.15) is 17.4 Å². The van der Waals surface area contributed by atoms with Crippen molar-refractivity contribution < 1.29 is 4.74 Å². The van der Waals surface area contributed by atoms with E-state index in [-0.39, 0.29) is 6.04 Å². The average Bonchev–Trinajstić information content (AvgIpc) is 2.81. The lowest BCUT2D eigenvalue weighted by Crippen LogP contribution is -2.13. The van der Waals surface area contributed by atoms with Crippen molar-refractivity contribution in [2.75, 3.05) is 7.11 Å². The number of halogens is 1. The van der Waals surface area contributed by atoms with Crippen LogP contribution in [0.3, 0.4) is 0 Å². The molecular formula is C11H12BrN3O. The van der Waals surface area contributed by atoms with Crippen LogP contribution in [0, 0.1) is 0 Å². The fraction of sp³-hybridized carbons (Fsp3) is 0.182. The summed E-state index contributed by atoms with van der Waals surface area (Å²) in [6.45, 7) is 0. The van der Waals surface area contributed by atoms with Crippen LogP contribution in [0.4, 0.5) is 0 Å². The quantitative estimate of drug-likeness (QED) is 0.907. The first-order valence-corrected chi connectivity index (χ1v) is 5.60. The van der Waals surface area contributed by atoms with Crippen molar-refractivity contribution in [3.63, 3.8) is 0 Å². The minimum absolute atomic E-state index is 0.253. The molecule has 0 saturated heterocycles. The minimum Gasteiger partial charge on any atom is -0.496 e. The molecule has 0 aliphatic carbocycles. The van der Waals surface area contributed by atoms with Crippen LogP contribution >= 0.6 is 15.9 Å². The predicted molar refractivity (Wildman–Crippen MR) is 65.3 cm³/mol. The first kappa shape index (κ1) is 11.2. The maximum Gasteiger partial charge on any atom is 0.133 e. The van der Waals surface area contributed by atoms with Crippen molar-refractivity contribution in [1.82, 2.24) is 9.97 Å². The summed E-state index contributed by atoms with van der Waals surface area (Å²) in [5.74, 6) is 1.53. The van der Waals surface area contributed by atoms with Gasteiger partial charge in [0, 0.05) is 12.4 Å². The lowest BCUT2D eigenvalue weighted by molar-refractivity contribution is 0.412. The van der Waals surface area contributed by atoms with Crippen molar-refractivity contribution in [2.45, 2.75) is 6.04 Å². The van der Waals surface area contributed by atoms with E-state index in [1.807, 2.05) is 18.2 Å². The van der Waals surface area contributed by atoms with Crippen LogP contribution in [0.2, 0.25) is 0 Å². The SMILES string of the molecule is COc1ccc(C(N)c2ncc[nH]2)cc1Br. The van der Waals surface area contributed by atoms with E-state index in [2.05, 4.69) is 25.9 Å². The lowest BCUT2D eigenvalue weighted by Gasteiger charge is -2.11. The molecule has 2 rings (SSSR count). The Kier molecular flexibility index (Phi) is 3.26. The highest BCUT2D eigenvalue weighted by Crippen LogP contribution is 2.28. The van der Waals surface area contributed by atoms with Gasteiger partial charge in [-0.25, -0.2) is 4.98 Å². The highest BCUT2D eigenvalue weighted by molar-refractivity contribution is 9.10. The molecule has 1 aromatic heterocycles. The van der Waals surface area contributed by atoms with Gasteiger partial charge >= 0.3 is 0 Å². The number of benzene rings is 1. The van der Waals surface area contributed by atoms with Crippen LogP contribution in [-0.2, 0) is 0 Å². The summed E-state index contributed by atoms with van der Waals surface area (Å²) < 4.78 is 6.04. The van der Waals surface area contributed by atoms with E-state index in [4.69, 9.17) is 10.5 Å². The van der Waals surface area contributed by atoms with Crippen LogP contribution < -0.4 is 10.5 Å². The Hall–Kier alpha value is -1.33. The van der Waals surface area contributed by atoms with Crippen molar-refractivity contribution in [3.05, 3.63) is 46.5 Å². The second-order valence-corrected chi connectivity index (χ2v) is 4.20. The van der Waals surface area contributed by atoms with E-state index >= 15 is 0 Å². The molecule has 0 radical (unpaired) electrons. The molecular weight excluding hydrogens is 270 g/mol. The van der Waals surface area contributed by atoms with Gasteiger partial charge < -0.3 is 15.5 Å². The van der Waals surface area contributed by atoms with Gasteiger partial charge in [0.25, 0.3) is 0 Å². The number of ether oxygens (including phenoxy) is 1. The Labute approximate surface area is 102 Å². The molecule has 84 valence electrons. The number of nitrogens with one attached hydrogen (secondary N) is 1. The molecule has 4 nitrogen and oxygen atoms in total. The first-order chi connectivity index (χ1) is 7.72. The summed E-state index contributed by atoms with van der Waals surface area (Å²) in [6, 6.07) is 5.49. The standard InChI is InChI=1S/C11H12BrN3O/c1-16-9-3-2-7(6-8(9)12)10(13)11-14-4-5-15-11/h2-6,10H,13H2,1H3,(H,14,15). The molecule has 1 unspecified atom stereocenters. The van der Waals surface area contributed by atoms with Crippen molar-refractivity contribution >= 4 is 15.9 Å². The number of aromatic amines is 1. The molecule has 0 spiro atoms. The predicted octanol–water partition coefficient (Wildman–Crippen LogP) is 2.23. The number of aromatic nitrogens is 2. The lowest BCUT2D eigenvalue weighted by atomic mass is 10.1. The Morgan fingerprint density at radius 3 is 2.88 bits per heavy atom. The van der Waals surface area contributed by atoms with Crippen LogP contribution in [0.15, 0.2) is 35.1 Å². The van der Waals surface area contributed by atoms with E-state index in [1.54, 1.807) is 19.5 Å². The van der Waals surface area contributed by atoms with Crippen molar-refractivity contribution in [2.24, 2.45) is 5.73 Å². The third kappa shape index (κ3) is 2.10. The van der Waals surface area contributed by atoms with E-state index < -0.39 is 0 Å². The molecule has 0 aliphatic heterocycles. The molecule has 5 heteroatoms. The smallest absolute Gasteiger partial charge is 0.133 e. The van der Waals surface area contributed by atoms with E-state index in [9.17, 15) is 0 Å². The molecule has 3 N–H and O–H groups in total. The van der Waals surface area contributed by atoms with Gasteiger partial charge in [0.1, 0.15) is 11.6 Å². The van der Waals surface area contributed by atoms with Crippen molar-refractivity contribution in [1.29, 1.82) is 0 Å². The molecule has 1 aromatic carbocycles. The zero-order valence-corrected chi connectivity index (χ0v) is 10.4. The number of methoxy groups -OCH3 is 1. The van der Waals surface area contributed by atoms with Gasteiger partial charge in [-0.1, -0.05) is 6.07 Å². The molecule has 0 amide bonds. The van der Waals surface area contributed by atoms with E-state index in [1.165, 1.54) is 0 Å². The minimum atomic E-state index is -0.253.